The molecule has 1 fully saturated rings. The van der Waals surface area contributed by atoms with Crippen LogP contribution in [-0.4, -0.2) is 52.8 Å². The van der Waals surface area contributed by atoms with Gasteiger partial charge in [0.05, 0.1) is 5.56 Å². The summed E-state index contributed by atoms with van der Waals surface area (Å²) in [5, 5.41) is 2.30. The fraction of sp³-hybridized carbons (Fsp3) is 0.261. The molecule has 0 atom stereocenters. The van der Waals surface area contributed by atoms with Crippen LogP contribution in [0.5, 0.6) is 5.75 Å². The third-order valence-corrected chi connectivity index (χ3v) is 6.13. The van der Waals surface area contributed by atoms with E-state index in [0.717, 1.165) is 6.07 Å². The van der Waals surface area contributed by atoms with E-state index in [1.165, 1.54) is 30.4 Å². The second kappa shape index (κ2) is 9.44. The lowest BCUT2D eigenvalue weighted by molar-refractivity contribution is -0.130. The van der Waals surface area contributed by atoms with Gasteiger partial charge in [0, 0.05) is 50.1 Å². The molecule has 2 aromatic carbocycles. The van der Waals surface area contributed by atoms with Crippen molar-refractivity contribution in [2.75, 3.05) is 26.2 Å². The molecule has 9 heteroatoms. The van der Waals surface area contributed by atoms with Crippen LogP contribution in [0.15, 0.2) is 47.8 Å². The molecule has 1 aromatic heterocycles. The molecule has 0 bridgehead atoms. The lowest BCUT2D eigenvalue weighted by Crippen LogP contribution is -2.50. The minimum atomic E-state index is -0.672. The van der Waals surface area contributed by atoms with Gasteiger partial charge in [-0.25, -0.2) is 13.8 Å². The van der Waals surface area contributed by atoms with Gasteiger partial charge >= 0.3 is 0 Å². The largest absolute Gasteiger partial charge is 0.488 e. The van der Waals surface area contributed by atoms with Crippen molar-refractivity contribution < 1.29 is 23.1 Å². The number of carbonyl (C=O) groups is 2. The van der Waals surface area contributed by atoms with Crippen molar-refractivity contribution in [3.8, 4) is 16.3 Å². The van der Waals surface area contributed by atoms with E-state index in [2.05, 4.69) is 4.98 Å². The number of nitrogens with zero attached hydrogens (tertiary/aromatic N) is 3. The van der Waals surface area contributed by atoms with Crippen molar-refractivity contribution in [3.05, 3.63) is 70.7 Å². The number of carbonyl (C=O) groups excluding carboxylic acids is 2. The molecule has 32 heavy (non-hydrogen) atoms. The summed E-state index contributed by atoms with van der Waals surface area (Å²) in [6.45, 7) is 3.40. The maximum atomic E-state index is 13.9. The van der Waals surface area contributed by atoms with Crippen LogP contribution in [0.1, 0.15) is 23.0 Å². The Bertz CT molecular complexity index is 1140. The van der Waals surface area contributed by atoms with Gasteiger partial charge < -0.3 is 14.5 Å². The number of ether oxygens (including phenoxy) is 1. The number of hydrogen-bond donors (Lipinski definition) is 0. The Morgan fingerprint density at radius 2 is 1.78 bits per heavy atom. The number of piperazine rings is 1. The van der Waals surface area contributed by atoms with Crippen molar-refractivity contribution in [3.63, 3.8) is 0 Å². The Labute approximate surface area is 188 Å². The van der Waals surface area contributed by atoms with Crippen molar-refractivity contribution >= 4 is 23.2 Å². The third kappa shape index (κ3) is 4.77. The van der Waals surface area contributed by atoms with Crippen LogP contribution >= 0.6 is 11.3 Å². The molecule has 0 aliphatic carbocycles. The molecule has 1 aliphatic heterocycles. The lowest BCUT2D eigenvalue weighted by Gasteiger charge is -2.33. The highest BCUT2D eigenvalue weighted by atomic mass is 32.1. The lowest BCUT2D eigenvalue weighted by atomic mass is 10.2. The summed E-state index contributed by atoms with van der Waals surface area (Å²) >= 11 is 1.31. The highest BCUT2D eigenvalue weighted by Gasteiger charge is 2.25. The topological polar surface area (TPSA) is 62.7 Å². The average Bonchev–Trinajstić information content (AvgIpc) is 3.28. The smallest absolute Gasteiger partial charge is 0.273 e. The number of rotatable bonds is 5. The van der Waals surface area contributed by atoms with Crippen LogP contribution in [0, 0.1) is 11.6 Å². The van der Waals surface area contributed by atoms with Gasteiger partial charge in [-0.3, -0.25) is 9.59 Å². The van der Waals surface area contributed by atoms with Crippen molar-refractivity contribution in [2.45, 2.75) is 13.5 Å². The molecule has 166 valence electrons. The standard InChI is InChI=1S/C23H21F2N3O3S/c1-15(29)27-8-10-28(11-9-27)23(30)20-14-32-22(26-20)18-4-2-3-5-21(18)31-13-16-6-7-17(24)12-19(16)25/h2-7,12,14H,8-11,13H2,1H3. The van der Waals surface area contributed by atoms with Crippen LogP contribution < -0.4 is 4.74 Å². The van der Waals surface area contributed by atoms with Gasteiger partial charge in [-0.2, -0.15) is 0 Å². The number of thiazole rings is 1. The van der Waals surface area contributed by atoms with E-state index in [-0.39, 0.29) is 24.0 Å². The van der Waals surface area contributed by atoms with Gasteiger partial charge in [0.2, 0.25) is 5.91 Å². The fourth-order valence-corrected chi connectivity index (χ4v) is 4.27. The number of hydrogen-bond acceptors (Lipinski definition) is 5. The van der Waals surface area contributed by atoms with Gasteiger partial charge in [-0.15, -0.1) is 11.3 Å². The number of benzene rings is 2. The van der Waals surface area contributed by atoms with Crippen LogP contribution in [0.3, 0.4) is 0 Å². The molecule has 0 unspecified atom stereocenters. The minimum Gasteiger partial charge on any atom is -0.488 e. The molecule has 0 saturated carbocycles. The summed E-state index contributed by atoms with van der Waals surface area (Å²) in [5.74, 6) is -1.00. The van der Waals surface area contributed by atoms with Gasteiger partial charge in [-0.1, -0.05) is 12.1 Å². The first-order chi connectivity index (χ1) is 15.4. The maximum absolute atomic E-state index is 13.9. The van der Waals surface area contributed by atoms with Crippen LogP contribution in [0.25, 0.3) is 10.6 Å². The molecular formula is C23H21F2N3O3S. The molecular weight excluding hydrogens is 436 g/mol. The molecule has 2 heterocycles. The fourth-order valence-electron chi connectivity index (χ4n) is 3.45. The average molecular weight is 458 g/mol. The molecule has 4 rings (SSSR count). The van der Waals surface area contributed by atoms with Crippen molar-refractivity contribution in [1.29, 1.82) is 0 Å². The molecule has 1 aliphatic rings. The summed E-state index contributed by atoms with van der Waals surface area (Å²) in [6.07, 6.45) is 0. The minimum absolute atomic E-state index is 0.00479. The molecule has 1 saturated heterocycles. The van der Waals surface area contributed by atoms with E-state index in [0.29, 0.717) is 48.2 Å². The van der Waals surface area contributed by atoms with E-state index >= 15 is 0 Å². The quantitative estimate of drug-likeness (QED) is 0.582. The number of para-hydroxylation sites is 1. The van der Waals surface area contributed by atoms with E-state index in [1.807, 2.05) is 12.1 Å². The van der Waals surface area contributed by atoms with Crippen LogP contribution in [0.2, 0.25) is 0 Å². The first-order valence-corrected chi connectivity index (χ1v) is 11.0. The van der Waals surface area contributed by atoms with E-state index in [9.17, 15) is 18.4 Å². The highest BCUT2D eigenvalue weighted by Crippen LogP contribution is 2.33. The number of amides is 2. The molecule has 0 N–H and O–H groups in total. The van der Waals surface area contributed by atoms with Gasteiger partial charge in [0.15, 0.2) is 0 Å². The van der Waals surface area contributed by atoms with Crippen LogP contribution in [0.4, 0.5) is 8.78 Å². The van der Waals surface area contributed by atoms with Gasteiger partial charge in [0.25, 0.3) is 5.91 Å². The van der Waals surface area contributed by atoms with Crippen LogP contribution in [-0.2, 0) is 11.4 Å². The third-order valence-electron chi connectivity index (χ3n) is 5.25. The van der Waals surface area contributed by atoms with Gasteiger partial charge in [-0.05, 0) is 24.3 Å². The Hall–Kier alpha value is -3.33. The molecule has 0 radical (unpaired) electrons. The molecule has 6 nitrogen and oxygen atoms in total. The predicted octanol–water partition coefficient (Wildman–Crippen LogP) is 3.97. The first kappa shape index (κ1) is 21.9. The van der Waals surface area contributed by atoms with Crippen molar-refractivity contribution in [2.24, 2.45) is 0 Å². The summed E-state index contributed by atoms with van der Waals surface area (Å²) in [5.41, 5.74) is 1.25. The molecule has 2 amide bonds. The zero-order valence-corrected chi connectivity index (χ0v) is 18.2. The number of aromatic nitrogens is 1. The zero-order chi connectivity index (χ0) is 22.7. The summed E-state index contributed by atoms with van der Waals surface area (Å²) in [6, 6.07) is 10.5. The van der Waals surface area contributed by atoms with E-state index < -0.39 is 11.6 Å². The number of halogens is 2. The maximum Gasteiger partial charge on any atom is 0.273 e. The van der Waals surface area contributed by atoms with Gasteiger partial charge in [0.1, 0.15) is 34.7 Å². The van der Waals surface area contributed by atoms with Crippen molar-refractivity contribution in [1.82, 2.24) is 14.8 Å². The summed E-state index contributed by atoms with van der Waals surface area (Å²) in [7, 11) is 0. The monoisotopic (exact) mass is 457 g/mol. The Morgan fingerprint density at radius 3 is 2.50 bits per heavy atom. The predicted molar refractivity (Wildman–Crippen MR) is 116 cm³/mol. The second-order valence-corrected chi connectivity index (χ2v) is 8.21. The molecule has 0 spiro atoms. The van der Waals surface area contributed by atoms with E-state index in [1.54, 1.807) is 27.3 Å². The summed E-state index contributed by atoms with van der Waals surface area (Å²) in [4.78, 5) is 32.2. The summed E-state index contributed by atoms with van der Waals surface area (Å²) < 4.78 is 32.8. The zero-order valence-electron chi connectivity index (χ0n) is 17.4. The highest BCUT2D eigenvalue weighted by molar-refractivity contribution is 7.13. The normalized spacial score (nSPS) is 13.8. The Balaban J connectivity index is 1.47. The SMILES string of the molecule is CC(=O)N1CCN(C(=O)c2csc(-c3ccccc3OCc3ccc(F)cc3F)n2)CC1. The van der Waals surface area contributed by atoms with E-state index in [4.69, 9.17) is 4.74 Å². The molecule has 3 aromatic rings. The second-order valence-electron chi connectivity index (χ2n) is 7.36. The first-order valence-electron chi connectivity index (χ1n) is 10.1. The Morgan fingerprint density at radius 1 is 1.06 bits per heavy atom. The Kier molecular flexibility index (Phi) is 6.45.